The summed E-state index contributed by atoms with van der Waals surface area (Å²) in [5.41, 5.74) is -0.363. The van der Waals surface area contributed by atoms with Gasteiger partial charge in [0.1, 0.15) is 18.3 Å². The predicted molar refractivity (Wildman–Crippen MR) is 58.9 cm³/mol. The highest BCUT2D eigenvalue weighted by atomic mass is 32.1. The molecule has 0 radical (unpaired) electrons. The topological polar surface area (TPSA) is 108 Å². The minimum atomic E-state index is -1.22. The molecule has 7 nitrogen and oxygen atoms in total. The molecule has 1 fully saturated rings. The maximum atomic E-state index is 11.0. The summed E-state index contributed by atoms with van der Waals surface area (Å²) in [6, 6.07) is 1.23. The van der Waals surface area contributed by atoms with Crippen molar-refractivity contribution in [2.75, 3.05) is 6.61 Å². The van der Waals surface area contributed by atoms with E-state index in [0.29, 0.717) is 0 Å². The van der Waals surface area contributed by atoms with Crippen LogP contribution in [0.5, 0.6) is 0 Å². The SMILES string of the molecule is O=c1ccn([C@@H]2OC(CO)C(O)C2O)c(=S)[nH]1. The van der Waals surface area contributed by atoms with E-state index in [1.165, 1.54) is 16.8 Å². The van der Waals surface area contributed by atoms with Crippen LogP contribution in [-0.2, 0) is 4.74 Å². The Balaban J connectivity index is 2.35. The first kappa shape index (κ1) is 12.4. The molecule has 2 rings (SSSR count). The predicted octanol–water partition coefficient (Wildman–Crippen LogP) is -1.48. The Bertz CT molecular complexity index is 513. The average Bonchev–Trinajstić information content (AvgIpc) is 2.57. The molecule has 2 heterocycles. The number of aromatic nitrogens is 2. The van der Waals surface area contributed by atoms with Crippen molar-refractivity contribution >= 4 is 12.2 Å². The van der Waals surface area contributed by atoms with Gasteiger partial charge in [-0.05, 0) is 12.2 Å². The van der Waals surface area contributed by atoms with E-state index >= 15 is 0 Å². The molecule has 94 valence electrons. The van der Waals surface area contributed by atoms with Crippen molar-refractivity contribution in [3.05, 3.63) is 27.4 Å². The minimum Gasteiger partial charge on any atom is -0.394 e. The third-order valence-corrected chi connectivity index (χ3v) is 2.96. The first-order valence-corrected chi connectivity index (χ1v) is 5.39. The van der Waals surface area contributed by atoms with Crippen LogP contribution in [0.15, 0.2) is 17.1 Å². The van der Waals surface area contributed by atoms with E-state index in [1.54, 1.807) is 0 Å². The van der Waals surface area contributed by atoms with Gasteiger partial charge in [-0.3, -0.25) is 14.3 Å². The fourth-order valence-electron chi connectivity index (χ4n) is 1.74. The number of aromatic amines is 1. The van der Waals surface area contributed by atoms with Crippen LogP contribution in [0, 0.1) is 4.77 Å². The highest BCUT2D eigenvalue weighted by Gasteiger charge is 2.43. The van der Waals surface area contributed by atoms with Crippen molar-refractivity contribution in [1.29, 1.82) is 0 Å². The zero-order valence-electron chi connectivity index (χ0n) is 8.68. The number of nitrogens with one attached hydrogen (secondary N) is 1. The molecule has 0 aliphatic carbocycles. The van der Waals surface area contributed by atoms with E-state index < -0.39 is 31.1 Å². The van der Waals surface area contributed by atoms with Gasteiger partial charge in [0.25, 0.3) is 5.56 Å². The van der Waals surface area contributed by atoms with Crippen LogP contribution in [0.4, 0.5) is 0 Å². The summed E-state index contributed by atoms with van der Waals surface area (Å²) in [5, 5.41) is 28.3. The van der Waals surface area contributed by atoms with Crippen molar-refractivity contribution in [3.63, 3.8) is 0 Å². The largest absolute Gasteiger partial charge is 0.394 e. The molecule has 1 aliphatic heterocycles. The molecule has 8 heteroatoms. The van der Waals surface area contributed by atoms with Crippen molar-refractivity contribution in [1.82, 2.24) is 9.55 Å². The first-order valence-electron chi connectivity index (χ1n) is 4.98. The molecule has 0 amide bonds. The van der Waals surface area contributed by atoms with Crippen LogP contribution in [0.25, 0.3) is 0 Å². The maximum Gasteiger partial charge on any atom is 0.251 e. The van der Waals surface area contributed by atoms with Gasteiger partial charge in [0.15, 0.2) is 11.0 Å². The number of hydrogen-bond acceptors (Lipinski definition) is 6. The fourth-order valence-corrected chi connectivity index (χ4v) is 2.00. The van der Waals surface area contributed by atoms with E-state index in [9.17, 15) is 15.0 Å². The van der Waals surface area contributed by atoms with Gasteiger partial charge < -0.3 is 20.1 Å². The van der Waals surface area contributed by atoms with Gasteiger partial charge in [-0.25, -0.2) is 0 Å². The van der Waals surface area contributed by atoms with Crippen LogP contribution >= 0.6 is 12.2 Å². The Labute approximate surface area is 101 Å². The van der Waals surface area contributed by atoms with Gasteiger partial charge in [-0.2, -0.15) is 0 Å². The number of ether oxygens (including phenoxy) is 1. The molecule has 1 saturated heterocycles. The lowest BCUT2D eigenvalue weighted by atomic mass is 10.1. The summed E-state index contributed by atoms with van der Waals surface area (Å²) in [6.07, 6.45) is -2.85. The number of aliphatic hydroxyl groups is 3. The van der Waals surface area contributed by atoms with Gasteiger partial charge in [-0.15, -0.1) is 0 Å². The fraction of sp³-hybridized carbons (Fsp3) is 0.556. The Hall–Kier alpha value is -1.06. The molecule has 0 saturated carbocycles. The molecular weight excluding hydrogens is 248 g/mol. The monoisotopic (exact) mass is 260 g/mol. The van der Waals surface area contributed by atoms with Crippen LogP contribution < -0.4 is 5.56 Å². The average molecular weight is 260 g/mol. The molecule has 17 heavy (non-hydrogen) atoms. The van der Waals surface area contributed by atoms with Crippen molar-refractivity contribution < 1.29 is 20.1 Å². The van der Waals surface area contributed by atoms with E-state index in [1.807, 2.05) is 0 Å². The Morgan fingerprint density at radius 1 is 1.47 bits per heavy atom. The van der Waals surface area contributed by atoms with Gasteiger partial charge >= 0.3 is 0 Å². The van der Waals surface area contributed by atoms with Gasteiger partial charge in [0.2, 0.25) is 0 Å². The third-order valence-electron chi connectivity index (χ3n) is 2.64. The summed E-state index contributed by atoms with van der Waals surface area (Å²) in [6.45, 7) is -0.411. The lowest BCUT2D eigenvalue weighted by molar-refractivity contribution is -0.0541. The third kappa shape index (κ3) is 2.17. The molecule has 4 atom stereocenters. The number of H-pyrrole nitrogens is 1. The molecule has 1 aromatic rings. The van der Waals surface area contributed by atoms with Crippen molar-refractivity contribution in [3.8, 4) is 0 Å². The second-order valence-electron chi connectivity index (χ2n) is 3.75. The second kappa shape index (κ2) is 4.67. The Kier molecular flexibility index (Phi) is 3.40. The van der Waals surface area contributed by atoms with Crippen LogP contribution in [0.1, 0.15) is 6.23 Å². The molecule has 0 spiro atoms. The summed E-state index contributed by atoms with van der Waals surface area (Å²) in [7, 11) is 0. The summed E-state index contributed by atoms with van der Waals surface area (Å²) in [5.74, 6) is 0. The number of rotatable bonds is 2. The summed E-state index contributed by atoms with van der Waals surface area (Å²) in [4.78, 5) is 13.4. The molecule has 1 aromatic heterocycles. The highest BCUT2D eigenvalue weighted by molar-refractivity contribution is 7.71. The zero-order valence-corrected chi connectivity index (χ0v) is 9.50. The van der Waals surface area contributed by atoms with Crippen LogP contribution in [0.2, 0.25) is 0 Å². The summed E-state index contributed by atoms with van der Waals surface area (Å²) < 4.78 is 6.66. The minimum absolute atomic E-state index is 0.0762. The van der Waals surface area contributed by atoms with Gasteiger partial charge in [-0.1, -0.05) is 0 Å². The van der Waals surface area contributed by atoms with Crippen molar-refractivity contribution in [2.45, 2.75) is 24.5 Å². The molecular formula is C9H12N2O5S. The molecule has 4 N–H and O–H groups in total. The van der Waals surface area contributed by atoms with Crippen molar-refractivity contribution in [2.24, 2.45) is 0 Å². The maximum absolute atomic E-state index is 11.0. The van der Waals surface area contributed by atoms with E-state index in [0.717, 1.165) is 0 Å². The lowest BCUT2D eigenvalue weighted by Crippen LogP contribution is -2.33. The van der Waals surface area contributed by atoms with Crippen LogP contribution in [0.3, 0.4) is 0 Å². The number of hydrogen-bond donors (Lipinski definition) is 4. The molecule has 3 unspecified atom stereocenters. The standard InChI is InChI=1S/C9H12N2O5S/c12-3-4-6(14)7(15)8(16-4)11-2-1-5(13)10-9(11)17/h1-2,4,6-8,12,14-15H,3H2,(H,10,13,17)/t4?,6?,7?,8-/m1/s1. The zero-order chi connectivity index (χ0) is 12.6. The lowest BCUT2D eigenvalue weighted by Gasteiger charge is -2.17. The first-order chi connectivity index (χ1) is 8.04. The van der Waals surface area contributed by atoms with E-state index in [4.69, 9.17) is 22.1 Å². The quantitative estimate of drug-likeness (QED) is 0.483. The van der Waals surface area contributed by atoms with Crippen LogP contribution in [-0.4, -0.2) is 49.8 Å². The normalized spacial score (nSPS) is 32.9. The van der Waals surface area contributed by atoms with E-state index in [-0.39, 0.29) is 10.3 Å². The smallest absolute Gasteiger partial charge is 0.251 e. The molecule has 1 aliphatic rings. The summed E-state index contributed by atoms with van der Waals surface area (Å²) >= 11 is 4.91. The Morgan fingerprint density at radius 3 is 2.71 bits per heavy atom. The highest BCUT2D eigenvalue weighted by Crippen LogP contribution is 2.28. The molecule has 0 bridgehead atoms. The van der Waals surface area contributed by atoms with Gasteiger partial charge in [0.05, 0.1) is 6.61 Å². The van der Waals surface area contributed by atoms with E-state index in [2.05, 4.69) is 4.98 Å². The number of nitrogens with zero attached hydrogens (tertiary/aromatic N) is 1. The number of aliphatic hydroxyl groups excluding tert-OH is 3. The molecule has 0 aromatic carbocycles. The van der Waals surface area contributed by atoms with Gasteiger partial charge in [0, 0.05) is 12.3 Å². The second-order valence-corrected chi connectivity index (χ2v) is 4.13. The Morgan fingerprint density at radius 2 is 2.18 bits per heavy atom.